The summed E-state index contributed by atoms with van der Waals surface area (Å²) in [6.45, 7) is 2.02. The van der Waals surface area contributed by atoms with Crippen LogP contribution in [-0.2, 0) is 9.53 Å². The van der Waals surface area contributed by atoms with E-state index in [1.807, 2.05) is 54.6 Å². The Morgan fingerprint density at radius 1 is 1.12 bits per heavy atom. The molecule has 0 aliphatic carbocycles. The van der Waals surface area contributed by atoms with E-state index < -0.39 is 12.0 Å². The molecule has 0 saturated heterocycles. The first-order valence-corrected chi connectivity index (χ1v) is 14.1. The van der Waals surface area contributed by atoms with Crippen molar-refractivity contribution >= 4 is 45.0 Å². The van der Waals surface area contributed by atoms with Gasteiger partial charge in [-0.1, -0.05) is 63.7 Å². The van der Waals surface area contributed by atoms with Crippen LogP contribution in [0.5, 0.6) is 17.2 Å². The highest BCUT2D eigenvalue weighted by Gasteiger charge is 2.36. The third kappa shape index (κ3) is 4.63. The molecule has 0 amide bonds. The monoisotopic (exact) mass is 618 g/mol. The average molecular weight is 619 g/mol. The molecule has 0 spiro atoms. The average Bonchev–Trinajstić information content (AvgIpc) is 3.57. The van der Waals surface area contributed by atoms with Gasteiger partial charge in [-0.2, -0.15) is 0 Å². The molecule has 40 heavy (non-hydrogen) atoms. The summed E-state index contributed by atoms with van der Waals surface area (Å²) < 4.78 is 24.9. The van der Waals surface area contributed by atoms with E-state index in [1.54, 1.807) is 36.8 Å². The lowest BCUT2D eigenvalue weighted by atomic mass is 9.93. The molecule has 0 N–H and O–H groups in total. The maximum atomic E-state index is 14.1. The molecule has 0 radical (unpaired) electrons. The second-order valence-corrected chi connectivity index (χ2v) is 10.8. The van der Waals surface area contributed by atoms with Gasteiger partial charge in [0.25, 0.3) is 5.56 Å². The standard InChI is InChI=1S/C30H23BrN2O6S/c1-3-37-29(35)25-26(17-7-5-4-6-8-17)32-30-33(27(25)18-9-12-22-23(14-18)39-16-38-22)28(34)24(40-30)15-19-13-20(36-2)10-11-21(19)31/h4-15,27H,3,16H2,1-2H3/b24-15+. The fourth-order valence-electron chi connectivity index (χ4n) is 4.74. The Kier molecular flexibility index (Phi) is 7.03. The van der Waals surface area contributed by atoms with Gasteiger partial charge in [0.1, 0.15) is 5.75 Å². The first kappa shape index (κ1) is 26.1. The van der Waals surface area contributed by atoms with Crippen LogP contribution < -0.4 is 29.1 Å². The number of methoxy groups -OCH3 is 1. The number of halogens is 1. The number of aromatic nitrogens is 1. The summed E-state index contributed by atoms with van der Waals surface area (Å²) in [7, 11) is 1.59. The molecule has 1 aromatic heterocycles. The molecule has 0 fully saturated rings. The third-order valence-corrected chi connectivity index (χ3v) is 8.28. The van der Waals surface area contributed by atoms with Crippen LogP contribution in [0.25, 0.3) is 11.8 Å². The van der Waals surface area contributed by atoms with E-state index in [2.05, 4.69) is 15.9 Å². The van der Waals surface area contributed by atoms with Gasteiger partial charge in [0.2, 0.25) is 6.79 Å². The quantitative estimate of drug-likeness (QED) is 0.297. The molecular weight excluding hydrogens is 596 g/mol. The van der Waals surface area contributed by atoms with Gasteiger partial charge in [-0.05, 0) is 54.5 Å². The predicted molar refractivity (Wildman–Crippen MR) is 154 cm³/mol. The molecule has 6 rings (SSSR count). The Hall–Kier alpha value is -4.15. The summed E-state index contributed by atoms with van der Waals surface area (Å²) in [6, 6.07) is 19.6. The number of hydrogen-bond acceptors (Lipinski definition) is 8. The van der Waals surface area contributed by atoms with Gasteiger partial charge in [0.15, 0.2) is 16.3 Å². The van der Waals surface area contributed by atoms with Gasteiger partial charge in [0, 0.05) is 10.0 Å². The summed E-state index contributed by atoms with van der Waals surface area (Å²) >= 11 is 4.82. The first-order valence-electron chi connectivity index (χ1n) is 12.5. The van der Waals surface area contributed by atoms with E-state index in [1.165, 1.54) is 11.3 Å². The SMILES string of the molecule is CCOC(=O)C1=C(c2ccccc2)N=c2s/c(=C/c3cc(OC)ccc3Br)c(=O)n2C1c1ccc2c(c1)OCO2. The maximum Gasteiger partial charge on any atom is 0.338 e. The van der Waals surface area contributed by atoms with Crippen LogP contribution in [0, 0.1) is 0 Å². The minimum Gasteiger partial charge on any atom is -0.497 e. The normalized spacial score (nSPS) is 16.0. The van der Waals surface area contributed by atoms with Crippen molar-refractivity contribution < 1.29 is 23.7 Å². The molecule has 1 atom stereocenters. The van der Waals surface area contributed by atoms with Gasteiger partial charge >= 0.3 is 5.97 Å². The summed E-state index contributed by atoms with van der Waals surface area (Å²) in [5, 5.41) is 0. The molecule has 0 bridgehead atoms. The van der Waals surface area contributed by atoms with E-state index in [0.29, 0.717) is 37.8 Å². The van der Waals surface area contributed by atoms with E-state index in [-0.39, 0.29) is 24.5 Å². The molecule has 10 heteroatoms. The largest absolute Gasteiger partial charge is 0.497 e. The number of carbonyl (C=O) groups excluding carboxylic acids is 1. The maximum absolute atomic E-state index is 14.1. The van der Waals surface area contributed by atoms with Gasteiger partial charge < -0.3 is 18.9 Å². The van der Waals surface area contributed by atoms with Crippen molar-refractivity contribution in [2.24, 2.45) is 4.99 Å². The van der Waals surface area contributed by atoms with Crippen molar-refractivity contribution in [3.05, 3.63) is 113 Å². The molecule has 202 valence electrons. The second-order valence-electron chi connectivity index (χ2n) is 8.93. The van der Waals surface area contributed by atoms with Crippen LogP contribution in [0.15, 0.2) is 86.6 Å². The number of esters is 1. The van der Waals surface area contributed by atoms with Crippen LogP contribution in [0.3, 0.4) is 0 Å². The summed E-state index contributed by atoms with van der Waals surface area (Å²) in [6.07, 6.45) is 1.80. The Morgan fingerprint density at radius 2 is 1.93 bits per heavy atom. The van der Waals surface area contributed by atoms with Crippen molar-refractivity contribution in [2.75, 3.05) is 20.5 Å². The van der Waals surface area contributed by atoms with Crippen LogP contribution in [0.2, 0.25) is 0 Å². The zero-order chi connectivity index (χ0) is 27.8. The Labute approximate surface area is 241 Å². The first-order chi connectivity index (χ1) is 19.5. The topological polar surface area (TPSA) is 88.4 Å². The number of rotatable bonds is 6. The number of carbonyl (C=O) groups is 1. The smallest absolute Gasteiger partial charge is 0.338 e. The van der Waals surface area contributed by atoms with Crippen LogP contribution in [0.4, 0.5) is 0 Å². The second kappa shape index (κ2) is 10.8. The lowest BCUT2D eigenvalue weighted by Crippen LogP contribution is -2.40. The number of fused-ring (bicyclic) bond motifs is 2. The summed E-state index contributed by atoms with van der Waals surface area (Å²) in [4.78, 5) is 33.0. The fourth-order valence-corrected chi connectivity index (χ4v) is 6.09. The minimum absolute atomic E-state index is 0.104. The van der Waals surface area contributed by atoms with Gasteiger partial charge in [-0.3, -0.25) is 9.36 Å². The molecule has 2 aliphatic heterocycles. The molecular formula is C30H23BrN2O6S. The number of hydrogen-bond donors (Lipinski definition) is 0. The molecule has 8 nitrogen and oxygen atoms in total. The fraction of sp³-hybridized carbons (Fsp3) is 0.167. The predicted octanol–water partition coefficient (Wildman–Crippen LogP) is 4.44. The highest BCUT2D eigenvalue weighted by molar-refractivity contribution is 9.10. The van der Waals surface area contributed by atoms with Crippen molar-refractivity contribution in [2.45, 2.75) is 13.0 Å². The lowest BCUT2D eigenvalue weighted by Gasteiger charge is -2.26. The molecule has 1 unspecified atom stereocenters. The van der Waals surface area contributed by atoms with Crippen LogP contribution in [0.1, 0.15) is 29.7 Å². The van der Waals surface area contributed by atoms with Crippen molar-refractivity contribution in [3.63, 3.8) is 0 Å². The molecule has 4 aromatic rings. The van der Waals surface area contributed by atoms with Gasteiger partial charge in [-0.25, -0.2) is 9.79 Å². The summed E-state index contributed by atoms with van der Waals surface area (Å²) in [5.74, 6) is 1.26. The number of ether oxygens (including phenoxy) is 4. The molecule has 0 saturated carbocycles. The van der Waals surface area contributed by atoms with Crippen LogP contribution >= 0.6 is 27.3 Å². The summed E-state index contributed by atoms with van der Waals surface area (Å²) in [5.41, 5.74) is 2.63. The van der Waals surface area contributed by atoms with E-state index in [4.69, 9.17) is 23.9 Å². The van der Waals surface area contributed by atoms with E-state index >= 15 is 0 Å². The Bertz CT molecular complexity index is 1840. The number of nitrogens with zero attached hydrogens (tertiary/aromatic N) is 2. The minimum atomic E-state index is -0.809. The van der Waals surface area contributed by atoms with Crippen molar-refractivity contribution in [1.29, 1.82) is 0 Å². The molecule has 2 aliphatic rings. The highest BCUT2D eigenvalue weighted by Crippen LogP contribution is 2.40. The molecule has 3 aromatic carbocycles. The zero-order valence-electron chi connectivity index (χ0n) is 21.5. The van der Waals surface area contributed by atoms with E-state index in [9.17, 15) is 9.59 Å². The van der Waals surface area contributed by atoms with Crippen molar-refractivity contribution in [1.82, 2.24) is 4.57 Å². The van der Waals surface area contributed by atoms with Gasteiger partial charge in [-0.15, -0.1) is 0 Å². The lowest BCUT2D eigenvalue weighted by molar-refractivity contribution is -0.138. The van der Waals surface area contributed by atoms with Crippen molar-refractivity contribution in [3.8, 4) is 17.2 Å². The number of thiazole rings is 1. The number of benzene rings is 3. The van der Waals surface area contributed by atoms with Crippen LogP contribution in [-0.4, -0.2) is 31.0 Å². The zero-order valence-corrected chi connectivity index (χ0v) is 24.0. The Morgan fingerprint density at radius 3 is 2.70 bits per heavy atom. The third-order valence-electron chi connectivity index (χ3n) is 6.58. The molecule has 3 heterocycles. The van der Waals surface area contributed by atoms with Gasteiger partial charge in [0.05, 0.1) is 35.6 Å². The Balaban J connectivity index is 1.65. The highest BCUT2D eigenvalue weighted by atomic mass is 79.9. The van der Waals surface area contributed by atoms with E-state index in [0.717, 1.165) is 15.6 Å².